The van der Waals surface area contributed by atoms with Crippen LogP contribution < -0.4 is 0 Å². The molecule has 1 aliphatic heterocycles. The zero-order valence-electron chi connectivity index (χ0n) is 9.51. The molecule has 2 rings (SSSR count). The highest BCUT2D eigenvalue weighted by molar-refractivity contribution is 7.91. The maximum absolute atomic E-state index is 12.0. The summed E-state index contributed by atoms with van der Waals surface area (Å²) in [6, 6.07) is 5.32. The van der Waals surface area contributed by atoms with Crippen molar-refractivity contribution in [3.05, 3.63) is 29.3 Å². The van der Waals surface area contributed by atoms with Crippen LogP contribution in [0.3, 0.4) is 0 Å². The molecule has 0 amide bonds. The van der Waals surface area contributed by atoms with E-state index in [-0.39, 0.29) is 24.5 Å². The smallest absolute Gasteiger partial charge is 0.303 e. The van der Waals surface area contributed by atoms with Crippen LogP contribution in [0.25, 0.3) is 0 Å². The van der Waals surface area contributed by atoms with Crippen LogP contribution in [0.15, 0.2) is 23.1 Å². The number of hydrogen-bond donors (Lipinski definition) is 1. The van der Waals surface area contributed by atoms with Gasteiger partial charge in [0, 0.05) is 6.42 Å². The number of aliphatic carboxylic acids is 1. The largest absolute Gasteiger partial charge is 0.481 e. The maximum atomic E-state index is 12.0. The van der Waals surface area contributed by atoms with E-state index in [1.54, 1.807) is 12.1 Å². The van der Waals surface area contributed by atoms with Gasteiger partial charge in [-0.3, -0.25) is 4.79 Å². The fourth-order valence-corrected chi connectivity index (χ4v) is 4.52. The van der Waals surface area contributed by atoms with Crippen LogP contribution in [0, 0.1) is 0 Å². The lowest BCUT2D eigenvalue weighted by molar-refractivity contribution is -0.136. The zero-order chi connectivity index (χ0) is 12.6. The van der Waals surface area contributed by atoms with Gasteiger partial charge in [-0.05, 0) is 23.5 Å². The molecule has 4 nitrogen and oxygen atoms in total. The van der Waals surface area contributed by atoms with E-state index in [1.165, 1.54) is 0 Å². The maximum Gasteiger partial charge on any atom is 0.303 e. The van der Waals surface area contributed by atoms with E-state index in [9.17, 15) is 13.2 Å². The Bertz CT molecular complexity index is 560. The average molecular weight is 254 g/mol. The Morgan fingerprint density at radius 1 is 1.47 bits per heavy atom. The van der Waals surface area contributed by atoms with Crippen molar-refractivity contribution in [1.82, 2.24) is 0 Å². The van der Waals surface area contributed by atoms with Crippen LogP contribution in [0.5, 0.6) is 0 Å². The summed E-state index contributed by atoms with van der Waals surface area (Å²) in [5.74, 6) is -0.780. The molecular weight excluding hydrogens is 240 g/mol. The molecule has 1 aromatic rings. The summed E-state index contributed by atoms with van der Waals surface area (Å²) in [4.78, 5) is 10.9. The van der Waals surface area contributed by atoms with Crippen LogP contribution in [0.2, 0.25) is 0 Å². The van der Waals surface area contributed by atoms with Crippen molar-refractivity contribution >= 4 is 15.8 Å². The van der Waals surface area contributed by atoms with E-state index in [1.807, 2.05) is 13.0 Å². The Morgan fingerprint density at radius 3 is 2.82 bits per heavy atom. The lowest BCUT2D eigenvalue weighted by Gasteiger charge is -2.07. The van der Waals surface area contributed by atoms with Crippen molar-refractivity contribution in [2.75, 3.05) is 5.75 Å². The second-order valence-corrected chi connectivity index (χ2v) is 6.38. The minimum absolute atomic E-state index is 0.000205. The molecule has 1 unspecified atom stereocenters. The average Bonchev–Trinajstić information content (AvgIpc) is 2.47. The second-order valence-electron chi connectivity index (χ2n) is 4.41. The Balaban J connectivity index is 2.47. The minimum Gasteiger partial charge on any atom is -0.481 e. The fourth-order valence-electron chi connectivity index (χ4n) is 2.31. The molecule has 0 aromatic heterocycles. The normalized spacial score (nSPS) is 21.1. The molecule has 1 aliphatic rings. The molecule has 0 aliphatic carbocycles. The lowest BCUT2D eigenvalue weighted by Crippen LogP contribution is -2.05. The quantitative estimate of drug-likeness (QED) is 0.889. The minimum atomic E-state index is -3.23. The van der Waals surface area contributed by atoms with Gasteiger partial charge < -0.3 is 5.11 Å². The predicted octanol–water partition coefficient (Wildman–Crippen LogP) is 1.59. The van der Waals surface area contributed by atoms with Crippen LogP contribution >= 0.6 is 0 Å². The van der Waals surface area contributed by atoms with Gasteiger partial charge in [-0.2, -0.15) is 0 Å². The van der Waals surface area contributed by atoms with Crippen molar-refractivity contribution < 1.29 is 18.3 Å². The Kier molecular flexibility index (Phi) is 2.95. The molecule has 0 saturated heterocycles. The van der Waals surface area contributed by atoms with Gasteiger partial charge in [-0.15, -0.1) is 0 Å². The molecule has 1 atom stereocenters. The highest BCUT2D eigenvalue weighted by Crippen LogP contribution is 2.37. The van der Waals surface area contributed by atoms with Gasteiger partial charge in [-0.1, -0.05) is 25.1 Å². The molecule has 0 saturated carbocycles. The van der Waals surface area contributed by atoms with Gasteiger partial charge in [0.2, 0.25) is 0 Å². The molecule has 0 fully saturated rings. The number of aryl methyl sites for hydroxylation is 1. The van der Waals surface area contributed by atoms with Crippen molar-refractivity contribution in [2.24, 2.45) is 0 Å². The lowest BCUT2D eigenvalue weighted by atomic mass is 9.99. The standard InChI is InChI=1S/C12H14O4S/c1-8-7-17(15,16)12-9(5-6-11(13)14)3-2-4-10(8)12/h2-4,8H,5-7H2,1H3,(H,13,14). The summed E-state index contributed by atoms with van der Waals surface area (Å²) in [6.45, 7) is 1.88. The number of sulfone groups is 1. The number of fused-ring (bicyclic) bond motifs is 1. The van der Waals surface area contributed by atoms with Crippen molar-refractivity contribution in [2.45, 2.75) is 30.6 Å². The summed E-state index contributed by atoms with van der Waals surface area (Å²) >= 11 is 0. The van der Waals surface area contributed by atoms with Gasteiger partial charge in [0.05, 0.1) is 10.6 Å². The van der Waals surface area contributed by atoms with E-state index in [0.717, 1.165) is 5.56 Å². The Hall–Kier alpha value is -1.36. The number of benzene rings is 1. The summed E-state index contributed by atoms with van der Waals surface area (Å²) in [5, 5.41) is 8.66. The zero-order valence-corrected chi connectivity index (χ0v) is 10.3. The van der Waals surface area contributed by atoms with E-state index in [2.05, 4.69) is 0 Å². The first kappa shape index (κ1) is 12.1. The number of carbonyl (C=O) groups is 1. The first-order valence-electron chi connectivity index (χ1n) is 5.48. The van der Waals surface area contributed by atoms with E-state index in [4.69, 9.17) is 5.11 Å². The van der Waals surface area contributed by atoms with E-state index < -0.39 is 15.8 Å². The first-order chi connectivity index (χ1) is 7.92. The van der Waals surface area contributed by atoms with Crippen LogP contribution in [0.1, 0.15) is 30.4 Å². The molecule has 0 spiro atoms. The van der Waals surface area contributed by atoms with Crippen LogP contribution in [-0.4, -0.2) is 25.2 Å². The SMILES string of the molecule is CC1CS(=O)(=O)c2c(CCC(=O)O)cccc21. The van der Waals surface area contributed by atoms with Crippen molar-refractivity contribution in [3.8, 4) is 0 Å². The second kappa shape index (κ2) is 4.14. The molecule has 92 valence electrons. The number of carboxylic acids is 1. The van der Waals surface area contributed by atoms with Crippen molar-refractivity contribution in [1.29, 1.82) is 0 Å². The van der Waals surface area contributed by atoms with Crippen molar-refractivity contribution in [3.63, 3.8) is 0 Å². The first-order valence-corrected chi connectivity index (χ1v) is 7.13. The third kappa shape index (κ3) is 2.20. The van der Waals surface area contributed by atoms with Gasteiger partial charge in [0.15, 0.2) is 9.84 Å². The Morgan fingerprint density at radius 2 is 2.18 bits per heavy atom. The fraction of sp³-hybridized carbons (Fsp3) is 0.417. The number of rotatable bonds is 3. The molecular formula is C12H14O4S. The van der Waals surface area contributed by atoms with Gasteiger partial charge in [0.25, 0.3) is 0 Å². The van der Waals surface area contributed by atoms with E-state index >= 15 is 0 Å². The van der Waals surface area contributed by atoms with Crippen LogP contribution in [0.4, 0.5) is 0 Å². The molecule has 17 heavy (non-hydrogen) atoms. The Labute approximate surface area is 100 Å². The number of hydrogen-bond acceptors (Lipinski definition) is 3. The summed E-state index contributed by atoms with van der Waals surface area (Å²) in [7, 11) is -3.23. The molecule has 0 bridgehead atoms. The summed E-state index contributed by atoms with van der Waals surface area (Å²) in [6.07, 6.45) is 0.227. The molecule has 0 radical (unpaired) electrons. The van der Waals surface area contributed by atoms with Crippen LogP contribution in [-0.2, 0) is 21.1 Å². The van der Waals surface area contributed by atoms with Gasteiger partial charge in [0.1, 0.15) is 0 Å². The summed E-state index contributed by atoms with van der Waals surface area (Å²) < 4.78 is 24.0. The molecule has 1 N–H and O–H groups in total. The van der Waals surface area contributed by atoms with Gasteiger partial charge in [-0.25, -0.2) is 8.42 Å². The van der Waals surface area contributed by atoms with Gasteiger partial charge >= 0.3 is 5.97 Å². The predicted molar refractivity (Wildman–Crippen MR) is 62.9 cm³/mol. The highest BCUT2D eigenvalue weighted by atomic mass is 32.2. The summed E-state index contributed by atoms with van der Waals surface area (Å²) in [5.41, 5.74) is 1.46. The monoisotopic (exact) mass is 254 g/mol. The highest BCUT2D eigenvalue weighted by Gasteiger charge is 2.33. The third-order valence-corrected chi connectivity index (χ3v) is 5.11. The molecule has 1 aromatic carbocycles. The van der Waals surface area contributed by atoms with E-state index in [0.29, 0.717) is 10.5 Å². The topological polar surface area (TPSA) is 71.4 Å². The molecule has 1 heterocycles. The third-order valence-electron chi connectivity index (χ3n) is 3.05. The number of carboxylic acid groups (broad SMARTS) is 1. The molecule has 5 heteroatoms.